The Morgan fingerprint density at radius 1 is 1.25 bits per heavy atom. The summed E-state index contributed by atoms with van der Waals surface area (Å²) in [5.74, 6) is 0.261. The van der Waals surface area contributed by atoms with Crippen LogP contribution in [0.1, 0.15) is 17.0 Å². The van der Waals surface area contributed by atoms with Crippen molar-refractivity contribution in [1.29, 1.82) is 0 Å². The average Bonchev–Trinajstić information content (AvgIpc) is 2.81. The van der Waals surface area contributed by atoms with E-state index in [1.807, 2.05) is 44.2 Å². The normalized spacial score (nSPS) is 16.4. The van der Waals surface area contributed by atoms with Crippen LogP contribution in [-0.2, 0) is 11.2 Å². The van der Waals surface area contributed by atoms with Gasteiger partial charge in [0.25, 0.3) is 0 Å². The summed E-state index contributed by atoms with van der Waals surface area (Å²) in [7, 11) is 0. The molecule has 0 bridgehead atoms. The van der Waals surface area contributed by atoms with Gasteiger partial charge in [-0.3, -0.25) is 10.1 Å². The van der Waals surface area contributed by atoms with Crippen LogP contribution in [0.15, 0.2) is 30.3 Å². The van der Waals surface area contributed by atoms with E-state index < -0.39 is 0 Å². The summed E-state index contributed by atoms with van der Waals surface area (Å²) < 4.78 is 0. The van der Waals surface area contributed by atoms with Gasteiger partial charge >= 0.3 is 0 Å². The van der Waals surface area contributed by atoms with Crippen LogP contribution >= 0.6 is 0 Å². The Kier molecular flexibility index (Phi) is 3.10. The lowest BCUT2D eigenvalue weighted by atomic mass is 10.1. The number of benzene rings is 1. The third kappa shape index (κ3) is 2.47. The highest BCUT2D eigenvalue weighted by Crippen LogP contribution is 2.25. The number of para-hydroxylation sites is 1. The zero-order valence-corrected chi connectivity index (χ0v) is 11.5. The number of hydrogen-bond acceptors (Lipinski definition) is 4. The number of carbonyl (C=O) groups is 1. The van der Waals surface area contributed by atoms with Gasteiger partial charge in [0.1, 0.15) is 6.04 Å². The van der Waals surface area contributed by atoms with Crippen molar-refractivity contribution in [3.05, 3.63) is 47.3 Å². The van der Waals surface area contributed by atoms with Crippen molar-refractivity contribution in [3.8, 4) is 0 Å². The summed E-state index contributed by atoms with van der Waals surface area (Å²) in [4.78, 5) is 20.7. The molecule has 1 aromatic carbocycles. The van der Waals surface area contributed by atoms with Gasteiger partial charge < -0.3 is 5.32 Å². The van der Waals surface area contributed by atoms with Gasteiger partial charge in [0.2, 0.25) is 11.9 Å². The van der Waals surface area contributed by atoms with Crippen LogP contribution in [-0.4, -0.2) is 21.9 Å². The molecule has 20 heavy (non-hydrogen) atoms. The molecule has 0 aliphatic carbocycles. The molecule has 0 saturated heterocycles. The molecule has 1 atom stereocenters. The van der Waals surface area contributed by atoms with Gasteiger partial charge in [-0.05, 0) is 31.5 Å². The fraction of sp³-hybridized carbons (Fsp3) is 0.267. The Bertz CT molecular complexity index is 623. The van der Waals surface area contributed by atoms with Gasteiger partial charge in [0.05, 0.1) is 0 Å². The maximum absolute atomic E-state index is 12.3. The third-order valence-electron chi connectivity index (χ3n) is 3.30. The molecule has 1 aliphatic rings. The van der Waals surface area contributed by atoms with Crippen LogP contribution in [0.5, 0.6) is 0 Å². The molecule has 102 valence electrons. The number of hydrogen-bond donors (Lipinski definition) is 2. The molecule has 2 N–H and O–H groups in total. The lowest BCUT2D eigenvalue weighted by Gasteiger charge is -2.11. The first-order valence-electron chi connectivity index (χ1n) is 6.59. The van der Waals surface area contributed by atoms with Crippen molar-refractivity contribution in [2.24, 2.45) is 0 Å². The Balaban J connectivity index is 1.72. The van der Waals surface area contributed by atoms with Gasteiger partial charge in [-0.2, -0.15) is 0 Å². The molecule has 2 aromatic rings. The number of aromatic nitrogens is 2. The molecule has 1 aromatic heterocycles. The van der Waals surface area contributed by atoms with Crippen molar-refractivity contribution in [2.75, 3.05) is 10.6 Å². The number of amides is 1. The molecule has 2 heterocycles. The van der Waals surface area contributed by atoms with E-state index in [0.29, 0.717) is 12.4 Å². The van der Waals surface area contributed by atoms with E-state index in [2.05, 4.69) is 20.6 Å². The number of nitrogens with zero attached hydrogens (tertiary/aromatic N) is 2. The zero-order chi connectivity index (χ0) is 14.1. The quantitative estimate of drug-likeness (QED) is 0.875. The first-order valence-corrected chi connectivity index (χ1v) is 6.59. The second-order valence-corrected chi connectivity index (χ2v) is 5.02. The maximum Gasteiger partial charge on any atom is 0.249 e. The molecule has 1 amide bonds. The minimum atomic E-state index is -0.267. The Labute approximate surface area is 117 Å². The molecule has 0 unspecified atom stereocenters. The molecular formula is C15H16N4O. The van der Waals surface area contributed by atoms with Gasteiger partial charge in [0, 0.05) is 23.5 Å². The smallest absolute Gasteiger partial charge is 0.249 e. The second kappa shape index (κ2) is 4.92. The van der Waals surface area contributed by atoms with Crippen molar-refractivity contribution in [3.63, 3.8) is 0 Å². The highest BCUT2D eigenvalue weighted by Gasteiger charge is 2.26. The van der Waals surface area contributed by atoms with E-state index in [4.69, 9.17) is 0 Å². The first-order chi connectivity index (χ1) is 9.61. The Morgan fingerprint density at radius 2 is 1.95 bits per heavy atom. The monoisotopic (exact) mass is 268 g/mol. The average molecular weight is 268 g/mol. The van der Waals surface area contributed by atoms with Gasteiger partial charge in [0.15, 0.2) is 0 Å². The molecule has 0 fully saturated rings. The van der Waals surface area contributed by atoms with Gasteiger partial charge in [-0.15, -0.1) is 0 Å². The van der Waals surface area contributed by atoms with Crippen LogP contribution < -0.4 is 10.6 Å². The van der Waals surface area contributed by atoms with Crippen LogP contribution in [0.25, 0.3) is 0 Å². The third-order valence-corrected chi connectivity index (χ3v) is 3.30. The molecular weight excluding hydrogens is 252 g/mol. The lowest BCUT2D eigenvalue weighted by molar-refractivity contribution is -0.116. The van der Waals surface area contributed by atoms with E-state index in [-0.39, 0.29) is 11.9 Å². The molecule has 5 heteroatoms. The number of aryl methyl sites for hydroxylation is 2. The molecule has 0 spiro atoms. The van der Waals surface area contributed by atoms with Gasteiger partial charge in [-0.25, -0.2) is 9.97 Å². The summed E-state index contributed by atoms with van der Waals surface area (Å²) in [5, 5.41) is 5.99. The number of rotatable bonds is 2. The van der Waals surface area contributed by atoms with E-state index in [9.17, 15) is 4.79 Å². The summed E-state index contributed by atoms with van der Waals surface area (Å²) in [6.45, 7) is 3.77. The number of anilines is 2. The van der Waals surface area contributed by atoms with Crippen LogP contribution in [0.4, 0.5) is 11.6 Å². The summed E-state index contributed by atoms with van der Waals surface area (Å²) in [5.41, 5.74) is 3.87. The highest BCUT2D eigenvalue weighted by atomic mass is 16.2. The molecule has 0 saturated carbocycles. The van der Waals surface area contributed by atoms with Crippen LogP contribution in [0.2, 0.25) is 0 Å². The number of fused-ring (bicyclic) bond motifs is 1. The largest absolute Gasteiger partial charge is 0.373 e. The molecule has 5 nitrogen and oxygen atoms in total. The lowest BCUT2D eigenvalue weighted by Crippen LogP contribution is -2.33. The highest BCUT2D eigenvalue weighted by molar-refractivity contribution is 5.96. The van der Waals surface area contributed by atoms with E-state index >= 15 is 0 Å². The predicted octanol–water partition coefficient (Wildman–Crippen LogP) is 2.07. The van der Waals surface area contributed by atoms with Crippen molar-refractivity contribution >= 4 is 17.5 Å². The molecule has 0 radical (unpaired) electrons. The van der Waals surface area contributed by atoms with E-state index in [0.717, 1.165) is 22.6 Å². The predicted molar refractivity (Wildman–Crippen MR) is 77.7 cm³/mol. The summed E-state index contributed by atoms with van der Waals surface area (Å²) in [6, 6.07) is 9.56. The van der Waals surface area contributed by atoms with Crippen molar-refractivity contribution < 1.29 is 4.79 Å². The van der Waals surface area contributed by atoms with E-state index in [1.165, 1.54) is 0 Å². The topological polar surface area (TPSA) is 66.9 Å². The van der Waals surface area contributed by atoms with Gasteiger partial charge in [-0.1, -0.05) is 18.2 Å². The fourth-order valence-electron chi connectivity index (χ4n) is 2.44. The minimum Gasteiger partial charge on any atom is -0.373 e. The standard InChI is InChI=1S/C15H16N4O/c1-9-7-10(2)17-15(16-9)19-14(20)13-8-11-5-3-4-6-12(11)18-13/h3-7,13,18H,8H2,1-2H3,(H,16,17,19,20)/t13-/m0/s1. The summed E-state index contributed by atoms with van der Waals surface area (Å²) in [6.07, 6.45) is 0.687. The number of nitrogens with one attached hydrogen (secondary N) is 2. The fourth-order valence-corrected chi connectivity index (χ4v) is 2.44. The summed E-state index contributed by atoms with van der Waals surface area (Å²) >= 11 is 0. The van der Waals surface area contributed by atoms with Crippen molar-refractivity contribution in [2.45, 2.75) is 26.3 Å². The minimum absolute atomic E-state index is 0.105. The SMILES string of the molecule is Cc1cc(C)nc(NC(=O)[C@@H]2Cc3ccccc3N2)n1. The first kappa shape index (κ1) is 12.6. The van der Waals surface area contributed by atoms with Crippen LogP contribution in [0, 0.1) is 13.8 Å². The molecule has 3 rings (SSSR count). The molecule has 1 aliphatic heterocycles. The second-order valence-electron chi connectivity index (χ2n) is 5.02. The Hall–Kier alpha value is -2.43. The number of carbonyl (C=O) groups excluding carboxylic acids is 1. The zero-order valence-electron chi connectivity index (χ0n) is 11.5. The Morgan fingerprint density at radius 3 is 2.65 bits per heavy atom. The van der Waals surface area contributed by atoms with E-state index in [1.54, 1.807) is 0 Å². The van der Waals surface area contributed by atoms with Crippen molar-refractivity contribution in [1.82, 2.24) is 9.97 Å². The maximum atomic E-state index is 12.3. The van der Waals surface area contributed by atoms with Crippen LogP contribution in [0.3, 0.4) is 0 Å².